The van der Waals surface area contributed by atoms with Crippen molar-refractivity contribution in [2.45, 2.75) is 27.7 Å². The van der Waals surface area contributed by atoms with Gasteiger partial charge in [0.05, 0.1) is 12.5 Å². The molecule has 0 fully saturated rings. The van der Waals surface area contributed by atoms with E-state index in [0.29, 0.717) is 18.1 Å². The molecule has 1 unspecified atom stereocenters. The van der Waals surface area contributed by atoms with E-state index >= 15 is 0 Å². The zero-order valence-electron chi connectivity index (χ0n) is 11.4. The summed E-state index contributed by atoms with van der Waals surface area (Å²) in [7, 11) is 0. The molecule has 1 aromatic carbocycles. The van der Waals surface area contributed by atoms with Gasteiger partial charge in [0.1, 0.15) is 11.5 Å². The van der Waals surface area contributed by atoms with Crippen LogP contribution in [0.1, 0.15) is 38.1 Å². The summed E-state index contributed by atoms with van der Waals surface area (Å²) in [5.41, 5.74) is 0.551. The van der Waals surface area contributed by atoms with Crippen LogP contribution in [0.4, 0.5) is 0 Å². The molecule has 0 heterocycles. The summed E-state index contributed by atoms with van der Waals surface area (Å²) in [6.07, 6.45) is 0. The van der Waals surface area contributed by atoms with Crippen molar-refractivity contribution in [3.8, 4) is 5.75 Å². The van der Waals surface area contributed by atoms with Crippen molar-refractivity contribution in [3.05, 3.63) is 29.8 Å². The molecule has 0 aliphatic heterocycles. The zero-order valence-corrected chi connectivity index (χ0v) is 11.4. The van der Waals surface area contributed by atoms with Crippen LogP contribution < -0.4 is 4.74 Å². The van der Waals surface area contributed by atoms with E-state index < -0.39 is 5.92 Å². The minimum atomic E-state index is -0.576. The van der Waals surface area contributed by atoms with Gasteiger partial charge in [0.25, 0.3) is 0 Å². The van der Waals surface area contributed by atoms with Crippen LogP contribution in [0, 0.1) is 11.8 Å². The predicted molar refractivity (Wildman–Crippen MR) is 71.0 cm³/mol. The number of benzene rings is 1. The molecule has 0 aromatic heterocycles. The first kappa shape index (κ1) is 14.4. The molecule has 0 radical (unpaired) electrons. The maximum Gasteiger partial charge on any atom is 0.173 e. The minimum Gasteiger partial charge on any atom is -0.493 e. The van der Waals surface area contributed by atoms with Crippen LogP contribution in [0.5, 0.6) is 5.75 Å². The lowest BCUT2D eigenvalue weighted by atomic mass is 9.96. The van der Waals surface area contributed by atoms with Gasteiger partial charge in [-0.25, -0.2) is 0 Å². The monoisotopic (exact) mass is 248 g/mol. The van der Waals surface area contributed by atoms with Crippen LogP contribution in [-0.2, 0) is 4.79 Å². The molecule has 1 aromatic rings. The molecule has 98 valence electrons. The predicted octanol–water partition coefficient (Wildman–Crippen LogP) is 3.13. The highest BCUT2D eigenvalue weighted by atomic mass is 16.5. The van der Waals surface area contributed by atoms with Crippen molar-refractivity contribution in [1.82, 2.24) is 0 Å². The van der Waals surface area contributed by atoms with Gasteiger partial charge < -0.3 is 4.74 Å². The zero-order chi connectivity index (χ0) is 13.7. The second-order valence-electron chi connectivity index (χ2n) is 4.93. The van der Waals surface area contributed by atoms with E-state index in [1.807, 2.05) is 0 Å². The third kappa shape index (κ3) is 3.99. The molecule has 0 aliphatic carbocycles. The molecule has 0 amide bonds. The van der Waals surface area contributed by atoms with E-state index in [0.717, 1.165) is 5.75 Å². The Morgan fingerprint density at radius 1 is 1.11 bits per heavy atom. The Bertz CT molecular complexity index is 418. The Labute approximate surface area is 108 Å². The average molecular weight is 248 g/mol. The number of hydrogen-bond donors (Lipinski definition) is 0. The van der Waals surface area contributed by atoms with Crippen molar-refractivity contribution in [1.29, 1.82) is 0 Å². The Morgan fingerprint density at radius 3 is 2.11 bits per heavy atom. The summed E-state index contributed by atoms with van der Waals surface area (Å²) in [6, 6.07) is 6.94. The van der Waals surface area contributed by atoms with Gasteiger partial charge >= 0.3 is 0 Å². The number of rotatable bonds is 6. The number of ketones is 2. The summed E-state index contributed by atoms with van der Waals surface area (Å²) < 4.78 is 5.53. The SMILES string of the molecule is CC(=O)C(C)C(=O)c1ccc(OCC(C)C)cc1. The van der Waals surface area contributed by atoms with Gasteiger partial charge in [-0.1, -0.05) is 13.8 Å². The van der Waals surface area contributed by atoms with E-state index in [-0.39, 0.29) is 11.6 Å². The lowest BCUT2D eigenvalue weighted by Gasteiger charge is -2.10. The fourth-order valence-corrected chi connectivity index (χ4v) is 1.41. The van der Waals surface area contributed by atoms with Crippen molar-refractivity contribution >= 4 is 11.6 Å². The van der Waals surface area contributed by atoms with Crippen LogP contribution in [-0.4, -0.2) is 18.2 Å². The summed E-state index contributed by atoms with van der Waals surface area (Å²) in [4.78, 5) is 23.1. The highest BCUT2D eigenvalue weighted by Crippen LogP contribution is 2.16. The van der Waals surface area contributed by atoms with Gasteiger partial charge in [0.15, 0.2) is 5.78 Å². The molecule has 3 heteroatoms. The molecule has 3 nitrogen and oxygen atoms in total. The van der Waals surface area contributed by atoms with Crippen LogP contribution in [0.25, 0.3) is 0 Å². The van der Waals surface area contributed by atoms with E-state index in [2.05, 4.69) is 13.8 Å². The number of carbonyl (C=O) groups excluding carboxylic acids is 2. The van der Waals surface area contributed by atoms with E-state index in [1.54, 1.807) is 31.2 Å². The van der Waals surface area contributed by atoms with Crippen LogP contribution in [0.3, 0.4) is 0 Å². The fourth-order valence-electron chi connectivity index (χ4n) is 1.41. The van der Waals surface area contributed by atoms with Crippen molar-refractivity contribution in [2.24, 2.45) is 11.8 Å². The van der Waals surface area contributed by atoms with Crippen LogP contribution >= 0.6 is 0 Å². The van der Waals surface area contributed by atoms with Gasteiger partial charge in [-0.05, 0) is 44.0 Å². The number of Topliss-reactive ketones (excluding diaryl/α,β-unsaturated/α-hetero) is 2. The molecule has 0 saturated carbocycles. The normalized spacial score (nSPS) is 12.3. The Balaban J connectivity index is 2.70. The Hall–Kier alpha value is -1.64. The highest BCUT2D eigenvalue weighted by molar-refractivity contribution is 6.09. The van der Waals surface area contributed by atoms with E-state index in [1.165, 1.54) is 6.92 Å². The van der Waals surface area contributed by atoms with Crippen molar-refractivity contribution < 1.29 is 14.3 Å². The quantitative estimate of drug-likeness (QED) is 0.574. The van der Waals surface area contributed by atoms with E-state index in [4.69, 9.17) is 4.74 Å². The molecule has 0 saturated heterocycles. The summed E-state index contributed by atoms with van der Waals surface area (Å²) in [5.74, 6) is 0.380. The lowest BCUT2D eigenvalue weighted by molar-refractivity contribution is -0.118. The van der Waals surface area contributed by atoms with Gasteiger partial charge in [-0.15, -0.1) is 0 Å². The molecule has 1 rings (SSSR count). The molecule has 0 spiro atoms. The smallest absolute Gasteiger partial charge is 0.173 e. The maximum absolute atomic E-state index is 11.9. The first-order valence-electron chi connectivity index (χ1n) is 6.19. The molecule has 0 bridgehead atoms. The first-order chi connectivity index (χ1) is 8.41. The maximum atomic E-state index is 11.9. The fraction of sp³-hybridized carbons (Fsp3) is 0.467. The van der Waals surface area contributed by atoms with Crippen molar-refractivity contribution in [2.75, 3.05) is 6.61 Å². The molecule has 0 N–H and O–H groups in total. The lowest BCUT2D eigenvalue weighted by Crippen LogP contribution is -2.18. The Morgan fingerprint density at radius 2 is 1.67 bits per heavy atom. The minimum absolute atomic E-state index is 0.111. The number of ether oxygens (including phenoxy) is 1. The van der Waals surface area contributed by atoms with Gasteiger partial charge in [-0.2, -0.15) is 0 Å². The first-order valence-corrected chi connectivity index (χ1v) is 6.19. The molecular formula is C15H20O3. The van der Waals surface area contributed by atoms with Gasteiger partial charge in [0.2, 0.25) is 0 Å². The van der Waals surface area contributed by atoms with Crippen molar-refractivity contribution in [3.63, 3.8) is 0 Å². The molecule has 1 atom stereocenters. The average Bonchev–Trinajstić information content (AvgIpc) is 2.35. The molecule has 18 heavy (non-hydrogen) atoms. The standard InChI is InChI=1S/C15H20O3/c1-10(2)9-18-14-7-5-13(6-8-14)15(17)11(3)12(4)16/h5-8,10-11H,9H2,1-4H3. The van der Waals surface area contributed by atoms with Crippen LogP contribution in [0.2, 0.25) is 0 Å². The second kappa shape index (κ2) is 6.34. The third-order valence-electron chi connectivity index (χ3n) is 2.73. The highest BCUT2D eigenvalue weighted by Gasteiger charge is 2.19. The summed E-state index contributed by atoms with van der Waals surface area (Å²) >= 11 is 0. The second-order valence-corrected chi connectivity index (χ2v) is 4.93. The number of carbonyl (C=O) groups is 2. The van der Waals surface area contributed by atoms with Gasteiger partial charge in [-0.3, -0.25) is 9.59 Å². The summed E-state index contributed by atoms with van der Waals surface area (Å²) in [5, 5.41) is 0. The topological polar surface area (TPSA) is 43.4 Å². The third-order valence-corrected chi connectivity index (χ3v) is 2.73. The largest absolute Gasteiger partial charge is 0.493 e. The van der Waals surface area contributed by atoms with E-state index in [9.17, 15) is 9.59 Å². The molecular weight excluding hydrogens is 228 g/mol. The van der Waals surface area contributed by atoms with Crippen LogP contribution in [0.15, 0.2) is 24.3 Å². The summed E-state index contributed by atoms with van der Waals surface area (Å²) in [6.45, 7) is 7.87. The molecule has 0 aliphatic rings. The van der Waals surface area contributed by atoms with Gasteiger partial charge in [0, 0.05) is 5.56 Å². The number of hydrogen-bond acceptors (Lipinski definition) is 3. The Kier molecular flexibility index (Phi) is 5.08.